The molecule has 2 amide bonds. The van der Waals surface area contributed by atoms with Crippen LogP contribution in [0.1, 0.15) is 18.4 Å². The zero-order valence-corrected chi connectivity index (χ0v) is 11.9. The van der Waals surface area contributed by atoms with E-state index in [9.17, 15) is 14.0 Å². The monoisotopic (exact) mass is 294 g/mol. The van der Waals surface area contributed by atoms with Crippen LogP contribution in [0.5, 0.6) is 0 Å². The number of rotatable bonds is 5. The highest BCUT2D eigenvalue weighted by Crippen LogP contribution is 2.06. The standard InChI is InChI=1S/C15H20FN3O2/c16-13-6-2-1-4-11(13)8-18-14(20)10-19-7-3-5-12(9-19)15(17)21/h1-2,4,6,12H,3,5,7-10H2,(H2,17,21)(H,18,20)/p+1/t12-/m0/s1. The Labute approximate surface area is 123 Å². The molecular formula is C15H21FN3O2+. The van der Waals surface area contributed by atoms with Crippen LogP contribution in [0.3, 0.4) is 0 Å². The van der Waals surface area contributed by atoms with Gasteiger partial charge in [0.05, 0.1) is 19.0 Å². The normalized spacial score (nSPS) is 21.8. The third-order valence-electron chi connectivity index (χ3n) is 3.86. The zero-order valence-electron chi connectivity index (χ0n) is 11.9. The minimum atomic E-state index is -0.322. The van der Waals surface area contributed by atoms with Crippen LogP contribution in [0.2, 0.25) is 0 Å². The fourth-order valence-electron chi connectivity index (χ4n) is 2.68. The van der Waals surface area contributed by atoms with Gasteiger partial charge in [-0.3, -0.25) is 9.59 Å². The molecular weight excluding hydrogens is 273 g/mol. The van der Waals surface area contributed by atoms with Crippen LogP contribution in [-0.4, -0.2) is 31.4 Å². The predicted octanol–water partition coefficient (Wildman–Crippen LogP) is -0.778. The van der Waals surface area contributed by atoms with Crippen molar-refractivity contribution in [3.63, 3.8) is 0 Å². The summed E-state index contributed by atoms with van der Waals surface area (Å²) in [6.07, 6.45) is 1.69. The maximum absolute atomic E-state index is 13.4. The third-order valence-corrected chi connectivity index (χ3v) is 3.86. The second-order valence-electron chi connectivity index (χ2n) is 5.49. The number of benzene rings is 1. The molecule has 1 aromatic rings. The van der Waals surface area contributed by atoms with E-state index in [-0.39, 0.29) is 36.6 Å². The Kier molecular flexibility index (Phi) is 5.27. The molecule has 2 atom stereocenters. The lowest BCUT2D eigenvalue weighted by Gasteiger charge is -2.27. The molecule has 114 valence electrons. The highest BCUT2D eigenvalue weighted by molar-refractivity contribution is 5.77. The maximum Gasteiger partial charge on any atom is 0.275 e. The molecule has 0 aliphatic carbocycles. The van der Waals surface area contributed by atoms with Gasteiger partial charge in [-0.25, -0.2) is 4.39 Å². The van der Waals surface area contributed by atoms with Crippen molar-refractivity contribution < 1.29 is 18.9 Å². The highest BCUT2D eigenvalue weighted by Gasteiger charge is 2.28. The van der Waals surface area contributed by atoms with E-state index in [1.165, 1.54) is 6.07 Å². The van der Waals surface area contributed by atoms with Gasteiger partial charge in [-0.1, -0.05) is 18.2 Å². The first kappa shape index (κ1) is 15.4. The Morgan fingerprint density at radius 1 is 1.38 bits per heavy atom. The Morgan fingerprint density at radius 3 is 2.86 bits per heavy atom. The molecule has 1 heterocycles. The number of nitrogens with one attached hydrogen (secondary N) is 2. The Balaban J connectivity index is 1.79. The van der Waals surface area contributed by atoms with Gasteiger partial charge in [0, 0.05) is 12.1 Å². The summed E-state index contributed by atoms with van der Waals surface area (Å²) in [4.78, 5) is 24.2. The molecule has 0 radical (unpaired) electrons. The van der Waals surface area contributed by atoms with E-state index < -0.39 is 0 Å². The molecule has 1 aromatic carbocycles. The number of amides is 2. The Morgan fingerprint density at radius 2 is 2.14 bits per heavy atom. The molecule has 1 aliphatic rings. The molecule has 1 fully saturated rings. The summed E-state index contributed by atoms with van der Waals surface area (Å²) in [5.41, 5.74) is 5.78. The number of nitrogens with two attached hydrogens (primary N) is 1. The van der Waals surface area contributed by atoms with Crippen molar-refractivity contribution in [3.8, 4) is 0 Å². The van der Waals surface area contributed by atoms with Crippen molar-refractivity contribution >= 4 is 11.8 Å². The summed E-state index contributed by atoms with van der Waals surface area (Å²) in [6, 6.07) is 6.36. The van der Waals surface area contributed by atoms with Crippen molar-refractivity contribution in [2.75, 3.05) is 19.6 Å². The molecule has 0 saturated carbocycles. The van der Waals surface area contributed by atoms with Crippen molar-refractivity contribution in [3.05, 3.63) is 35.6 Å². The van der Waals surface area contributed by atoms with E-state index in [0.717, 1.165) is 24.3 Å². The molecule has 1 saturated heterocycles. The average Bonchev–Trinajstić information content (AvgIpc) is 2.46. The van der Waals surface area contributed by atoms with E-state index >= 15 is 0 Å². The SMILES string of the molecule is NC(=O)[C@H]1CCC[NH+](CC(=O)NCc2ccccc2F)C1. The summed E-state index contributed by atoms with van der Waals surface area (Å²) in [5.74, 6) is -0.901. The smallest absolute Gasteiger partial charge is 0.275 e. The lowest BCUT2D eigenvalue weighted by molar-refractivity contribution is -0.899. The largest absolute Gasteiger partial charge is 0.369 e. The van der Waals surface area contributed by atoms with E-state index in [4.69, 9.17) is 5.73 Å². The van der Waals surface area contributed by atoms with Crippen LogP contribution in [0.4, 0.5) is 4.39 Å². The lowest BCUT2D eigenvalue weighted by Crippen LogP contribution is -3.15. The number of halogens is 1. The van der Waals surface area contributed by atoms with Crippen LogP contribution in [0.15, 0.2) is 24.3 Å². The van der Waals surface area contributed by atoms with Crippen LogP contribution in [0.25, 0.3) is 0 Å². The molecule has 0 spiro atoms. The summed E-state index contributed by atoms with van der Waals surface area (Å²) < 4.78 is 13.4. The third kappa shape index (κ3) is 4.53. The van der Waals surface area contributed by atoms with Gasteiger partial charge in [-0.05, 0) is 18.9 Å². The molecule has 6 heteroatoms. The molecule has 0 aromatic heterocycles. The van der Waals surface area contributed by atoms with Crippen molar-refractivity contribution in [1.29, 1.82) is 0 Å². The van der Waals surface area contributed by atoms with Gasteiger partial charge in [-0.15, -0.1) is 0 Å². The molecule has 4 N–H and O–H groups in total. The van der Waals surface area contributed by atoms with Gasteiger partial charge in [0.1, 0.15) is 5.82 Å². The lowest BCUT2D eigenvalue weighted by atomic mass is 9.97. The maximum atomic E-state index is 13.4. The molecule has 2 rings (SSSR count). The Bertz CT molecular complexity index is 521. The van der Waals surface area contributed by atoms with Crippen molar-refractivity contribution in [2.24, 2.45) is 11.7 Å². The second-order valence-corrected chi connectivity index (χ2v) is 5.49. The van der Waals surface area contributed by atoms with Crippen LogP contribution < -0.4 is 16.0 Å². The zero-order chi connectivity index (χ0) is 15.2. The van der Waals surface area contributed by atoms with Crippen molar-refractivity contribution in [1.82, 2.24) is 5.32 Å². The van der Waals surface area contributed by atoms with Gasteiger partial charge >= 0.3 is 0 Å². The van der Waals surface area contributed by atoms with E-state index in [1.807, 2.05) is 0 Å². The fourth-order valence-corrected chi connectivity index (χ4v) is 2.68. The number of quaternary nitrogens is 1. The van der Waals surface area contributed by atoms with Crippen LogP contribution in [0, 0.1) is 11.7 Å². The minimum Gasteiger partial charge on any atom is -0.369 e. The summed E-state index contributed by atoms with van der Waals surface area (Å²) >= 11 is 0. The van der Waals surface area contributed by atoms with Gasteiger partial charge in [-0.2, -0.15) is 0 Å². The molecule has 21 heavy (non-hydrogen) atoms. The first-order valence-electron chi connectivity index (χ1n) is 7.19. The minimum absolute atomic E-state index is 0.140. The van der Waals surface area contributed by atoms with E-state index in [2.05, 4.69) is 5.32 Å². The number of carbonyl (C=O) groups excluding carboxylic acids is 2. The summed E-state index contributed by atoms with van der Waals surface area (Å²) in [5, 5.41) is 2.72. The Hall–Kier alpha value is -1.95. The quantitative estimate of drug-likeness (QED) is 0.666. The number of likely N-dealkylation sites (tertiary alicyclic amines) is 1. The van der Waals surface area contributed by atoms with E-state index in [1.54, 1.807) is 18.2 Å². The molecule has 5 nitrogen and oxygen atoms in total. The second kappa shape index (κ2) is 7.17. The number of hydrogen-bond donors (Lipinski definition) is 3. The van der Waals surface area contributed by atoms with Gasteiger partial charge in [0.25, 0.3) is 5.91 Å². The summed E-state index contributed by atoms with van der Waals surface area (Å²) in [6.45, 7) is 1.93. The van der Waals surface area contributed by atoms with Gasteiger partial charge in [0.15, 0.2) is 6.54 Å². The number of hydrogen-bond acceptors (Lipinski definition) is 2. The fraction of sp³-hybridized carbons (Fsp3) is 0.467. The summed E-state index contributed by atoms with van der Waals surface area (Å²) in [7, 11) is 0. The molecule has 1 aliphatic heterocycles. The van der Waals surface area contributed by atoms with Gasteiger partial charge < -0.3 is 16.0 Å². The predicted molar refractivity (Wildman–Crippen MR) is 75.7 cm³/mol. The van der Waals surface area contributed by atoms with Crippen LogP contribution >= 0.6 is 0 Å². The van der Waals surface area contributed by atoms with Gasteiger partial charge in [0.2, 0.25) is 5.91 Å². The number of piperidine rings is 1. The van der Waals surface area contributed by atoms with Crippen molar-refractivity contribution in [2.45, 2.75) is 19.4 Å². The van der Waals surface area contributed by atoms with Crippen LogP contribution in [-0.2, 0) is 16.1 Å². The average molecular weight is 294 g/mol. The first-order valence-corrected chi connectivity index (χ1v) is 7.19. The molecule has 0 bridgehead atoms. The highest BCUT2D eigenvalue weighted by atomic mass is 19.1. The van der Waals surface area contributed by atoms with E-state index in [0.29, 0.717) is 12.1 Å². The number of carbonyl (C=O) groups is 2. The topological polar surface area (TPSA) is 76.6 Å². The number of primary amides is 1. The molecule has 1 unspecified atom stereocenters. The first-order chi connectivity index (χ1) is 10.1.